The van der Waals surface area contributed by atoms with E-state index < -0.39 is 0 Å². The molecule has 0 saturated carbocycles. The van der Waals surface area contributed by atoms with Gasteiger partial charge in [0.25, 0.3) is 0 Å². The summed E-state index contributed by atoms with van der Waals surface area (Å²) < 4.78 is 0. The van der Waals surface area contributed by atoms with Crippen LogP contribution in [0, 0.1) is 5.92 Å². The molecule has 1 rings (SSSR count). The van der Waals surface area contributed by atoms with E-state index in [0.29, 0.717) is 6.04 Å². The standard InChI is InChI=1S/C17H36N4.HI/c1-5-7-8-9-15(3)20-17(18-4)19-13-16-10-12-21(14-16)11-6-2;/h15-16H,5-14H2,1-4H3,(H2,18,19,20);1H. The van der Waals surface area contributed by atoms with Crippen molar-refractivity contribution in [3.05, 3.63) is 0 Å². The van der Waals surface area contributed by atoms with Gasteiger partial charge in [0.2, 0.25) is 0 Å². The first-order valence-electron chi connectivity index (χ1n) is 8.89. The molecule has 0 bridgehead atoms. The number of rotatable bonds is 9. The smallest absolute Gasteiger partial charge is 0.191 e. The molecule has 2 atom stereocenters. The average molecular weight is 424 g/mol. The summed E-state index contributed by atoms with van der Waals surface area (Å²) in [6, 6.07) is 0.503. The quantitative estimate of drug-likeness (QED) is 0.258. The van der Waals surface area contributed by atoms with Crippen LogP contribution in [0.25, 0.3) is 0 Å². The number of unbranched alkanes of at least 4 members (excludes halogenated alkanes) is 2. The number of halogens is 1. The summed E-state index contributed by atoms with van der Waals surface area (Å²) in [6.07, 6.45) is 7.72. The van der Waals surface area contributed by atoms with E-state index in [-0.39, 0.29) is 24.0 Å². The Balaban J connectivity index is 0.00000441. The normalized spacial score (nSPS) is 20.5. The van der Waals surface area contributed by atoms with Crippen LogP contribution >= 0.6 is 24.0 Å². The van der Waals surface area contributed by atoms with Gasteiger partial charge in [0, 0.05) is 26.2 Å². The highest BCUT2D eigenvalue weighted by Gasteiger charge is 2.21. The number of aliphatic imine (C=N–C) groups is 1. The van der Waals surface area contributed by atoms with Crippen LogP contribution in [0.1, 0.15) is 59.3 Å². The third-order valence-electron chi connectivity index (χ3n) is 4.32. The Labute approximate surface area is 154 Å². The lowest BCUT2D eigenvalue weighted by atomic mass is 10.1. The molecule has 2 unspecified atom stereocenters. The van der Waals surface area contributed by atoms with Crippen LogP contribution in [0.15, 0.2) is 4.99 Å². The topological polar surface area (TPSA) is 39.7 Å². The van der Waals surface area contributed by atoms with Gasteiger partial charge in [-0.05, 0) is 45.2 Å². The molecule has 1 saturated heterocycles. The lowest BCUT2D eigenvalue weighted by Crippen LogP contribution is -2.44. The van der Waals surface area contributed by atoms with Gasteiger partial charge in [0.1, 0.15) is 0 Å². The largest absolute Gasteiger partial charge is 0.356 e. The molecule has 0 aromatic rings. The van der Waals surface area contributed by atoms with Gasteiger partial charge in [-0.15, -0.1) is 24.0 Å². The van der Waals surface area contributed by atoms with E-state index in [2.05, 4.69) is 41.3 Å². The van der Waals surface area contributed by atoms with Gasteiger partial charge >= 0.3 is 0 Å². The van der Waals surface area contributed by atoms with Crippen molar-refractivity contribution in [1.29, 1.82) is 0 Å². The molecule has 132 valence electrons. The summed E-state index contributed by atoms with van der Waals surface area (Å²) in [5.74, 6) is 1.73. The van der Waals surface area contributed by atoms with Gasteiger partial charge in [-0.3, -0.25) is 4.99 Å². The number of likely N-dealkylation sites (tertiary alicyclic amines) is 1. The Morgan fingerprint density at radius 2 is 2.05 bits per heavy atom. The summed E-state index contributed by atoms with van der Waals surface area (Å²) in [5, 5.41) is 7.02. The first-order valence-corrected chi connectivity index (χ1v) is 8.89. The van der Waals surface area contributed by atoms with E-state index in [1.54, 1.807) is 0 Å². The van der Waals surface area contributed by atoms with Crippen LogP contribution in [-0.2, 0) is 0 Å². The molecule has 0 spiro atoms. The molecular weight excluding hydrogens is 387 g/mol. The minimum atomic E-state index is 0. The number of nitrogens with one attached hydrogen (secondary N) is 2. The molecule has 1 fully saturated rings. The maximum Gasteiger partial charge on any atom is 0.191 e. The van der Waals surface area contributed by atoms with E-state index in [0.717, 1.165) is 18.4 Å². The third-order valence-corrected chi connectivity index (χ3v) is 4.32. The number of guanidine groups is 1. The molecule has 0 amide bonds. The maximum atomic E-state index is 4.35. The van der Waals surface area contributed by atoms with Gasteiger partial charge in [0.05, 0.1) is 0 Å². The van der Waals surface area contributed by atoms with Gasteiger partial charge in [-0.25, -0.2) is 0 Å². The van der Waals surface area contributed by atoms with E-state index >= 15 is 0 Å². The van der Waals surface area contributed by atoms with Crippen molar-refractivity contribution in [2.24, 2.45) is 10.9 Å². The number of hydrogen-bond donors (Lipinski definition) is 2. The highest BCUT2D eigenvalue weighted by Crippen LogP contribution is 2.15. The zero-order valence-electron chi connectivity index (χ0n) is 15.0. The summed E-state index contributed by atoms with van der Waals surface area (Å²) in [6.45, 7) is 11.6. The fraction of sp³-hybridized carbons (Fsp3) is 0.941. The summed E-state index contributed by atoms with van der Waals surface area (Å²) in [7, 11) is 1.87. The van der Waals surface area contributed by atoms with Gasteiger partial charge in [0.15, 0.2) is 5.96 Å². The molecule has 1 aliphatic heterocycles. The fourth-order valence-electron chi connectivity index (χ4n) is 3.04. The Hall–Kier alpha value is -0.0400. The van der Waals surface area contributed by atoms with Crippen molar-refractivity contribution >= 4 is 29.9 Å². The average Bonchev–Trinajstić information content (AvgIpc) is 2.92. The Bertz CT molecular complexity index is 296. The highest BCUT2D eigenvalue weighted by molar-refractivity contribution is 14.0. The molecule has 5 heteroatoms. The zero-order valence-corrected chi connectivity index (χ0v) is 17.4. The second-order valence-corrected chi connectivity index (χ2v) is 6.45. The first-order chi connectivity index (χ1) is 10.2. The molecule has 1 aliphatic rings. The second kappa shape index (κ2) is 13.4. The van der Waals surface area contributed by atoms with Crippen LogP contribution < -0.4 is 10.6 Å². The van der Waals surface area contributed by atoms with Crippen LogP contribution in [0.2, 0.25) is 0 Å². The van der Waals surface area contributed by atoms with Crippen molar-refractivity contribution in [3.8, 4) is 0 Å². The van der Waals surface area contributed by atoms with Crippen molar-refractivity contribution in [2.45, 2.75) is 65.3 Å². The summed E-state index contributed by atoms with van der Waals surface area (Å²) in [5.41, 5.74) is 0. The first kappa shape index (κ1) is 22.0. The predicted octanol–water partition coefficient (Wildman–Crippen LogP) is 3.47. The van der Waals surface area contributed by atoms with Crippen LogP contribution in [-0.4, -0.2) is 50.1 Å². The van der Waals surface area contributed by atoms with E-state index in [1.165, 1.54) is 58.2 Å². The van der Waals surface area contributed by atoms with Gasteiger partial charge in [-0.1, -0.05) is 33.1 Å². The Morgan fingerprint density at radius 1 is 1.27 bits per heavy atom. The van der Waals surface area contributed by atoms with Crippen LogP contribution in [0.3, 0.4) is 0 Å². The molecule has 0 aromatic carbocycles. The number of hydrogen-bond acceptors (Lipinski definition) is 2. The Kier molecular flexibility index (Phi) is 13.4. The van der Waals surface area contributed by atoms with Crippen molar-refractivity contribution in [1.82, 2.24) is 15.5 Å². The second-order valence-electron chi connectivity index (χ2n) is 6.45. The highest BCUT2D eigenvalue weighted by atomic mass is 127. The van der Waals surface area contributed by atoms with Crippen LogP contribution in [0.5, 0.6) is 0 Å². The van der Waals surface area contributed by atoms with E-state index in [4.69, 9.17) is 0 Å². The number of nitrogens with zero attached hydrogens (tertiary/aromatic N) is 2. The Morgan fingerprint density at radius 3 is 2.68 bits per heavy atom. The molecule has 1 heterocycles. The monoisotopic (exact) mass is 424 g/mol. The van der Waals surface area contributed by atoms with Crippen molar-refractivity contribution in [3.63, 3.8) is 0 Å². The minimum Gasteiger partial charge on any atom is -0.356 e. The SMILES string of the molecule is CCCCCC(C)NC(=NC)NCC1CCN(CCC)C1.I. The lowest BCUT2D eigenvalue weighted by molar-refractivity contribution is 0.324. The molecule has 0 aliphatic carbocycles. The minimum absolute atomic E-state index is 0. The molecule has 2 N–H and O–H groups in total. The van der Waals surface area contributed by atoms with Gasteiger partial charge in [-0.2, -0.15) is 0 Å². The molecule has 22 heavy (non-hydrogen) atoms. The maximum absolute atomic E-state index is 4.35. The van der Waals surface area contributed by atoms with Crippen LogP contribution in [0.4, 0.5) is 0 Å². The van der Waals surface area contributed by atoms with Gasteiger partial charge < -0.3 is 15.5 Å². The molecular formula is C17H37IN4. The zero-order chi connectivity index (χ0) is 15.5. The summed E-state index contributed by atoms with van der Waals surface area (Å²) >= 11 is 0. The fourth-order valence-corrected chi connectivity index (χ4v) is 3.04. The van der Waals surface area contributed by atoms with E-state index in [1.807, 2.05) is 7.05 Å². The molecule has 4 nitrogen and oxygen atoms in total. The molecule has 0 radical (unpaired) electrons. The predicted molar refractivity (Wildman–Crippen MR) is 108 cm³/mol. The van der Waals surface area contributed by atoms with Crippen molar-refractivity contribution in [2.75, 3.05) is 33.2 Å². The summed E-state index contributed by atoms with van der Waals surface area (Å²) in [4.78, 5) is 6.93. The third kappa shape index (κ3) is 9.18. The van der Waals surface area contributed by atoms with E-state index in [9.17, 15) is 0 Å². The van der Waals surface area contributed by atoms with Crippen molar-refractivity contribution < 1.29 is 0 Å². The molecule has 0 aromatic heterocycles. The lowest BCUT2D eigenvalue weighted by Gasteiger charge is -2.20.